The molecule has 0 atom stereocenters. The lowest BCUT2D eigenvalue weighted by Gasteiger charge is -2.08. The van der Waals surface area contributed by atoms with Gasteiger partial charge in [0.2, 0.25) is 0 Å². The maximum Gasteiger partial charge on any atom is 0.262 e. The summed E-state index contributed by atoms with van der Waals surface area (Å²) in [5, 5.41) is 3.40. The van der Waals surface area contributed by atoms with Crippen molar-refractivity contribution in [2.45, 2.75) is 6.92 Å². The van der Waals surface area contributed by atoms with Crippen molar-refractivity contribution < 1.29 is 9.53 Å². The zero-order valence-electron chi connectivity index (χ0n) is 10.8. The summed E-state index contributed by atoms with van der Waals surface area (Å²) in [6.07, 6.45) is 0. The van der Waals surface area contributed by atoms with Crippen molar-refractivity contribution in [3.05, 3.63) is 57.5 Å². The van der Waals surface area contributed by atoms with Crippen LogP contribution in [0.3, 0.4) is 0 Å². The van der Waals surface area contributed by atoms with Gasteiger partial charge < -0.3 is 10.1 Å². The van der Waals surface area contributed by atoms with E-state index in [9.17, 15) is 4.79 Å². The zero-order valence-corrected chi connectivity index (χ0v) is 13.2. The number of carbonyl (C=O) groups excluding carboxylic acids is 1. The molecule has 5 heteroatoms. The Kier molecular flexibility index (Phi) is 5.04. The van der Waals surface area contributed by atoms with Crippen molar-refractivity contribution in [1.29, 1.82) is 0 Å². The number of hydrogen-bond acceptors (Lipinski definition) is 2. The van der Waals surface area contributed by atoms with Gasteiger partial charge >= 0.3 is 0 Å². The largest absolute Gasteiger partial charge is 0.484 e. The number of halogens is 2. The number of anilines is 1. The minimum absolute atomic E-state index is 0.0485. The van der Waals surface area contributed by atoms with Gasteiger partial charge in [-0.15, -0.1) is 0 Å². The third kappa shape index (κ3) is 4.25. The number of ether oxygens (including phenoxy) is 1. The maximum absolute atomic E-state index is 11.8. The molecule has 104 valence electrons. The molecule has 0 saturated heterocycles. The molecule has 0 spiro atoms. The molecule has 0 radical (unpaired) electrons. The molecule has 0 aliphatic carbocycles. The fourth-order valence-corrected chi connectivity index (χ4v) is 2.05. The molecular weight excluding hydrogens is 342 g/mol. The number of carbonyl (C=O) groups is 1. The van der Waals surface area contributed by atoms with Gasteiger partial charge in [-0.25, -0.2) is 0 Å². The van der Waals surface area contributed by atoms with Gasteiger partial charge in [-0.05, 0) is 48.9 Å². The number of benzene rings is 2. The monoisotopic (exact) mass is 353 g/mol. The molecule has 0 aromatic heterocycles. The van der Waals surface area contributed by atoms with Crippen molar-refractivity contribution in [2.24, 2.45) is 0 Å². The van der Waals surface area contributed by atoms with Crippen LogP contribution >= 0.6 is 27.5 Å². The number of amides is 1. The zero-order chi connectivity index (χ0) is 14.5. The van der Waals surface area contributed by atoms with Gasteiger partial charge in [-0.1, -0.05) is 33.6 Å². The topological polar surface area (TPSA) is 38.3 Å². The lowest BCUT2D eigenvalue weighted by Crippen LogP contribution is -2.20. The van der Waals surface area contributed by atoms with E-state index in [1.54, 1.807) is 24.3 Å². The highest BCUT2D eigenvalue weighted by Crippen LogP contribution is 2.20. The van der Waals surface area contributed by atoms with Crippen LogP contribution in [0.5, 0.6) is 5.75 Å². The Morgan fingerprint density at radius 3 is 2.60 bits per heavy atom. The first-order valence-electron chi connectivity index (χ1n) is 5.99. The average molecular weight is 355 g/mol. The summed E-state index contributed by atoms with van der Waals surface area (Å²) in [6, 6.07) is 12.5. The summed E-state index contributed by atoms with van der Waals surface area (Å²) >= 11 is 9.19. The number of rotatable bonds is 4. The van der Waals surface area contributed by atoms with Crippen molar-refractivity contribution in [2.75, 3.05) is 11.9 Å². The van der Waals surface area contributed by atoms with Crippen LogP contribution in [0.25, 0.3) is 0 Å². The Balaban J connectivity index is 1.89. The average Bonchev–Trinajstić information content (AvgIpc) is 2.42. The number of hydrogen-bond donors (Lipinski definition) is 1. The normalized spacial score (nSPS) is 10.2. The molecule has 2 aromatic rings. The van der Waals surface area contributed by atoms with Crippen molar-refractivity contribution in [3.63, 3.8) is 0 Å². The van der Waals surface area contributed by atoms with Gasteiger partial charge in [0.05, 0.1) is 0 Å². The van der Waals surface area contributed by atoms with Gasteiger partial charge in [0, 0.05) is 15.2 Å². The lowest BCUT2D eigenvalue weighted by atomic mass is 10.2. The third-order valence-corrected chi connectivity index (χ3v) is 3.75. The van der Waals surface area contributed by atoms with Crippen molar-refractivity contribution >= 4 is 39.1 Å². The van der Waals surface area contributed by atoms with E-state index in [0.29, 0.717) is 10.8 Å². The molecule has 2 rings (SSSR count). The van der Waals surface area contributed by atoms with E-state index in [1.807, 2.05) is 25.1 Å². The van der Waals surface area contributed by atoms with E-state index in [0.717, 1.165) is 15.7 Å². The standard InChI is InChI=1S/C15H13BrClNO2/c1-10-2-5-12(8-14(10)16)18-15(19)9-20-13-6-3-11(17)4-7-13/h2-8H,9H2,1H3,(H,18,19). The van der Waals surface area contributed by atoms with Gasteiger partial charge in [0.1, 0.15) is 5.75 Å². The molecule has 0 unspecified atom stereocenters. The number of nitrogens with one attached hydrogen (secondary N) is 1. The van der Waals surface area contributed by atoms with Crippen LogP contribution in [0.1, 0.15) is 5.56 Å². The third-order valence-electron chi connectivity index (χ3n) is 2.64. The molecule has 0 aliphatic heterocycles. The first kappa shape index (κ1) is 14.9. The van der Waals surface area contributed by atoms with Crippen molar-refractivity contribution in [1.82, 2.24) is 0 Å². The minimum Gasteiger partial charge on any atom is -0.484 e. The molecule has 0 heterocycles. The summed E-state index contributed by atoms with van der Waals surface area (Å²) in [5.41, 5.74) is 1.84. The molecule has 0 saturated carbocycles. The molecule has 1 N–H and O–H groups in total. The molecular formula is C15H13BrClNO2. The first-order valence-corrected chi connectivity index (χ1v) is 7.16. The Labute approximate surface area is 131 Å². The van der Waals surface area contributed by atoms with Crippen LogP contribution in [0.4, 0.5) is 5.69 Å². The van der Waals surface area contributed by atoms with Crippen LogP contribution in [0.15, 0.2) is 46.9 Å². The van der Waals surface area contributed by atoms with Crippen LogP contribution < -0.4 is 10.1 Å². The molecule has 0 aliphatic rings. The van der Waals surface area contributed by atoms with Crippen LogP contribution in [0, 0.1) is 6.92 Å². The molecule has 3 nitrogen and oxygen atoms in total. The van der Waals surface area contributed by atoms with E-state index in [-0.39, 0.29) is 12.5 Å². The second-order valence-electron chi connectivity index (χ2n) is 4.25. The van der Waals surface area contributed by atoms with Gasteiger partial charge in [0.25, 0.3) is 5.91 Å². The highest BCUT2D eigenvalue weighted by molar-refractivity contribution is 9.10. The van der Waals surface area contributed by atoms with E-state index in [1.165, 1.54) is 0 Å². The SMILES string of the molecule is Cc1ccc(NC(=O)COc2ccc(Cl)cc2)cc1Br. The predicted molar refractivity (Wildman–Crippen MR) is 84.5 cm³/mol. The highest BCUT2D eigenvalue weighted by Gasteiger charge is 2.05. The van der Waals surface area contributed by atoms with E-state index in [2.05, 4.69) is 21.2 Å². The minimum atomic E-state index is -0.212. The van der Waals surface area contributed by atoms with Gasteiger partial charge in [-0.3, -0.25) is 4.79 Å². The van der Waals surface area contributed by atoms with Gasteiger partial charge in [-0.2, -0.15) is 0 Å². The summed E-state index contributed by atoms with van der Waals surface area (Å²) in [6.45, 7) is 1.94. The smallest absolute Gasteiger partial charge is 0.262 e. The Hall–Kier alpha value is -1.52. The summed E-state index contributed by atoms with van der Waals surface area (Å²) < 4.78 is 6.32. The Morgan fingerprint density at radius 1 is 1.25 bits per heavy atom. The quantitative estimate of drug-likeness (QED) is 0.882. The van der Waals surface area contributed by atoms with E-state index < -0.39 is 0 Å². The molecule has 0 bridgehead atoms. The molecule has 2 aromatic carbocycles. The van der Waals surface area contributed by atoms with Crippen LogP contribution in [-0.4, -0.2) is 12.5 Å². The summed E-state index contributed by atoms with van der Waals surface area (Å²) in [7, 11) is 0. The van der Waals surface area contributed by atoms with E-state index in [4.69, 9.17) is 16.3 Å². The molecule has 20 heavy (non-hydrogen) atoms. The fraction of sp³-hybridized carbons (Fsp3) is 0.133. The first-order chi connectivity index (χ1) is 9.54. The van der Waals surface area contributed by atoms with Crippen molar-refractivity contribution in [3.8, 4) is 5.75 Å². The highest BCUT2D eigenvalue weighted by atomic mass is 79.9. The van der Waals surface area contributed by atoms with E-state index >= 15 is 0 Å². The molecule has 0 fully saturated rings. The van der Waals surface area contributed by atoms with Crippen LogP contribution in [0.2, 0.25) is 5.02 Å². The fourth-order valence-electron chi connectivity index (χ4n) is 1.55. The number of aryl methyl sites for hydroxylation is 1. The van der Waals surface area contributed by atoms with Crippen LogP contribution in [-0.2, 0) is 4.79 Å². The second-order valence-corrected chi connectivity index (χ2v) is 5.55. The maximum atomic E-state index is 11.8. The molecule has 1 amide bonds. The second kappa shape index (κ2) is 6.77. The predicted octanol–water partition coefficient (Wildman–Crippen LogP) is 4.43. The summed E-state index contributed by atoms with van der Waals surface area (Å²) in [5.74, 6) is 0.394. The Morgan fingerprint density at radius 2 is 1.95 bits per heavy atom. The Bertz CT molecular complexity index is 614. The summed E-state index contributed by atoms with van der Waals surface area (Å²) in [4.78, 5) is 11.8. The lowest BCUT2D eigenvalue weighted by molar-refractivity contribution is -0.118. The van der Waals surface area contributed by atoms with Gasteiger partial charge in [0.15, 0.2) is 6.61 Å².